The molecule has 5 nitrogen and oxygen atoms in total. The second kappa shape index (κ2) is 2.21. The molecule has 1 aliphatic heterocycles. The molecule has 0 bridgehead atoms. The van der Waals surface area contributed by atoms with Crippen LogP contribution in [0.3, 0.4) is 0 Å². The van der Waals surface area contributed by atoms with Gasteiger partial charge in [-0.2, -0.15) is 4.31 Å². The van der Waals surface area contributed by atoms with E-state index in [4.69, 9.17) is 5.11 Å². The van der Waals surface area contributed by atoms with Crippen molar-refractivity contribution in [3.05, 3.63) is 0 Å². The summed E-state index contributed by atoms with van der Waals surface area (Å²) in [5, 5.41) is 8.12. The van der Waals surface area contributed by atoms with Crippen molar-refractivity contribution < 1.29 is 18.3 Å². The molecule has 1 heterocycles. The number of rotatable bonds is 3. The maximum absolute atomic E-state index is 10.7. The van der Waals surface area contributed by atoms with Gasteiger partial charge in [0.1, 0.15) is 0 Å². The zero-order valence-electron chi connectivity index (χ0n) is 5.15. The molecular weight excluding hydrogens is 158 g/mol. The lowest BCUT2D eigenvalue weighted by atomic mass is 10.8. The standard InChI is InChI=1S/C4H7NO4S/c6-4(7)3-10(8,9)5-1-2-5/h1-3H2,(H,6,7). The summed E-state index contributed by atoms with van der Waals surface area (Å²) in [4.78, 5) is 9.94. The molecule has 0 amide bonds. The van der Waals surface area contributed by atoms with Gasteiger partial charge in [0.05, 0.1) is 0 Å². The predicted octanol–water partition coefficient (Wildman–Crippen LogP) is -1.28. The maximum atomic E-state index is 10.7. The van der Waals surface area contributed by atoms with Crippen LogP contribution in [-0.4, -0.2) is 42.6 Å². The summed E-state index contributed by atoms with van der Waals surface area (Å²) in [6.45, 7) is 0.936. The largest absolute Gasteiger partial charge is 0.480 e. The number of hydrogen-bond acceptors (Lipinski definition) is 3. The van der Waals surface area contributed by atoms with Crippen LogP contribution in [0.1, 0.15) is 0 Å². The second-order valence-electron chi connectivity index (χ2n) is 2.05. The Bertz CT molecular complexity index is 240. The van der Waals surface area contributed by atoms with Gasteiger partial charge in [-0.3, -0.25) is 4.79 Å². The first-order chi connectivity index (χ1) is 4.52. The average molecular weight is 165 g/mol. The molecule has 0 unspecified atom stereocenters. The van der Waals surface area contributed by atoms with Crippen LogP contribution in [0.5, 0.6) is 0 Å². The Kier molecular flexibility index (Phi) is 1.65. The van der Waals surface area contributed by atoms with Gasteiger partial charge in [-0.25, -0.2) is 8.42 Å². The Morgan fingerprint density at radius 2 is 2.00 bits per heavy atom. The smallest absolute Gasteiger partial charge is 0.320 e. The van der Waals surface area contributed by atoms with Crippen molar-refractivity contribution in [2.75, 3.05) is 18.8 Å². The number of carboxylic acids is 1. The first kappa shape index (κ1) is 7.49. The highest BCUT2D eigenvalue weighted by Crippen LogP contribution is 2.11. The third kappa shape index (κ3) is 1.68. The fraction of sp³-hybridized carbons (Fsp3) is 0.750. The number of carboxylic acid groups (broad SMARTS) is 1. The van der Waals surface area contributed by atoms with Gasteiger partial charge >= 0.3 is 5.97 Å². The quantitative estimate of drug-likeness (QED) is 0.528. The average Bonchev–Trinajstić information content (AvgIpc) is 2.35. The Hall–Kier alpha value is -0.620. The zero-order valence-corrected chi connectivity index (χ0v) is 5.97. The monoisotopic (exact) mass is 165 g/mol. The number of nitrogens with zero attached hydrogens (tertiary/aromatic N) is 1. The number of sulfonamides is 1. The van der Waals surface area contributed by atoms with Crippen LogP contribution in [0.15, 0.2) is 0 Å². The third-order valence-electron chi connectivity index (χ3n) is 1.11. The summed E-state index contributed by atoms with van der Waals surface area (Å²) in [5.74, 6) is -2.08. The zero-order chi connectivity index (χ0) is 7.78. The molecule has 0 radical (unpaired) electrons. The summed E-state index contributed by atoms with van der Waals surface area (Å²) in [6, 6.07) is 0. The molecule has 0 aromatic heterocycles. The van der Waals surface area contributed by atoms with E-state index < -0.39 is 21.7 Å². The molecule has 10 heavy (non-hydrogen) atoms. The van der Waals surface area contributed by atoms with Crippen LogP contribution < -0.4 is 0 Å². The van der Waals surface area contributed by atoms with Gasteiger partial charge in [0.15, 0.2) is 5.75 Å². The molecule has 1 aliphatic rings. The van der Waals surface area contributed by atoms with Crippen LogP contribution in [0.25, 0.3) is 0 Å². The van der Waals surface area contributed by atoms with Gasteiger partial charge in [-0.05, 0) is 0 Å². The summed E-state index contributed by atoms with van der Waals surface area (Å²) in [5.41, 5.74) is 0. The van der Waals surface area contributed by atoms with Crippen LogP contribution in [0, 0.1) is 0 Å². The van der Waals surface area contributed by atoms with E-state index in [-0.39, 0.29) is 0 Å². The molecule has 0 atom stereocenters. The summed E-state index contributed by atoms with van der Waals surface area (Å²) >= 11 is 0. The third-order valence-corrected chi connectivity index (χ3v) is 2.87. The molecular formula is C4H7NO4S. The number of carbonyl (C=O) groups is 1. The molecule has 0 spiro atoms. The Balaban J connectivity index is 2.60. The number of hydrogen-bond donors (Lipinski definition) is 1. The van der Waals surface area contributed by atoms with Gasteiger partial charge in [-0.15, -0.1) is 0 Å². The molecule has 0 aliphatic carbocycles. The van der Waals surface area contributed by atoms with Crippen molar-refractivity contribution in [2.45, 2.75) is 0 Å². The number of aliphatic carboxylic acids is 1. The van der Waals surface area contributed by atoms with Gasteiger partial charge in [0, 0.05) is 13.1 Å². The maximum Gasteiger partial charge on any atom is 0.320 e. The lowest BCUT2D eigenvalue weighted by Crippen LogP contribution is -2.21. The molecule has 0 aromatic carbocycles. The van der Waals surface area contributed by atoms with Crippen LogP contribution in [-0.2, 0) is 14.8 Å². The lowest BCUT2D eigenvalue weighted by Gasteiger charge is -1.97. The Morgan fingerprint density at radius 1 is 1.50 bits per heavy atom. The van der Waals surface area contributed by atoms with Crippen molar-refractivity contribution in [1.82, 2.24) is 4.31 Å². The Morgan fingerprint density at radius 3 is 2.30 bits per heavy atom. The van der Waals surface area contributed by atoms with Crippen molar-refractivity contribution in [3.63, 3.8) is 0 Å². The molecule has 0 aromatic rings. The molecule has 1 rings (SSSR count). The van der Waals surface area contributed by atoms with E-state index in [9.17, 15) is 13.2 Å². The van der Waals surface area contributed by atoms with Crippen molar-refractivity contribution in [3.8, 4) is 0 Å². The fourth-order valence-electron chi connectivity index (χ4n) is 0.566. The highest BCUT2D eigenvalue weighted by molar-refractivity contribution is 7.90. The van der Waals surface area contributed by atoms with Crippen molar-refractivity contribution >= 4 is 16.0 Å². The topological polar surface area (TPSA) is 74.5 Å². The van der Waals surface area contributed by atoms with Gasteiger partial charge in [0.2, 0.25) is 10.0 Å². The van der Waals surface area contributed by atoms with Crippen molar-refractivity contribution in [1.29, 1.82) is 0 Å². The first-order valence-corrected chi connectivity index (χ1v) is 4.33. The molecule has 1 fully saturated rings. The predicted molar refractivity (Wildman–Crippen MR) is 33.0 cm³/mol. The van der Waals surface area contributed by atoms with E-state index in [0.29, 0.717) is 13.1 Å². The van der Waals surface area contributed by atoms with Crippen molar-refractivity contribution in [2.24, 2.45) is 0 Å². The highest BCUT2D eigenvalue weighted by Gasteiger charge is 2.33. The second-order valence-corrected chi connectivity index (χ2v) is 4.02. The van der Waals surface area contributed by atoms with Crippen LogP contribution in [0.4, 0.5) is 0 Å². The minimum Gasteiger partial charge on any atom is -0.480 e. The summed E-state index contributed by atoms with van der Waals surface area (Å²) in [6.07, 6.45) is 0. The minimum atomic E-state index is -3.45. The SMILES string of the molecule is O=C(O)CS(=O)(=O)N1CC1. The molecule has 1 N–H and O–H groups in total. The van der Waals surface area contributed by atoms with Gasteiger partial charge in [-0.1, -0.05) is 0 Å². The molecule has 6 heteroatoms. The van der Waals surface area contributed by atoms with E-state index in [1.54, 1.807) is 0 Å². The molecule has 1 saturated heterocycles. The van der Waals surface area contributed by atoms with E-state index in [0.717, 1.165) is 4.31 Å². The highest BCUT2D eigenvalue weighted by atomic mass is 32.2. The first-order valence-electron chi connectivity index (χ1n) is 2.72. The van der Waals surface area contributed by atoms with E-state index in [1.165, 1.54) is 0 Å². The van der Waals surface area contributed by atoms with Gasteiger partial charge in [0.25, 0.3) is 0 Å². The minimum absolute atomic E-state index is 0.468. The molecule has 58 valence electrons. The summed E-state index contributed by atoms with van der Waals surface area (Å²) < 4.78 is 22.6. The van der Waals surface area contributed by atoms with E-state index >= 15 is 0 Å². The summed E-state index contributed by atoms with van der Waals surface area (Å²) in [7, 11) is -3.45. The fourth-order valence-corrected chi connectivity index (χ4v) is 1.70. The Labute approximate surface area is 58.3 Å². The van der Waals surface area contributed by atoms with E-state index in [2.05, 4.69) is 0 Å². The normalized spacial score (nSPS) is 18.8. The van der Waals surface area contributed by atoms with Crippen LogP contribution in [0.2, 0.25) is 0 Å². The van der Waals surface area contributed by atoms with E-state index in [1.807, 2.05) is 0 Å². The lowest BCUT2D eigenvalue weighted by molar-refractivity contribution is -0.134. The van der Waals surface area contributed by atoms with Gasteiger partial charge < -0.3 is 5.11 Å². The van der Waals surface area contributed by atoms with Crippen LogP contribution >= 0.6 is 0 Å². The molecule has 0 saturated carbocycles.